The molecule has 5 nitrogen and oxygen atoms in total. The Morgan fingerprint density at radius 2 is 1.63 bits per heavy atom. The van der Waals surface area contributed by atoms with Gasteiger partial charge in [0.25, 0.3) is 0 Å². The monoisotopic (exact) mass is 414 g/mol. The van der Waals surface area contributed by atoms with Crippen LogP contribution in [-0.4, -0.2) is 48.5 Å². The second-order valence-electron chi connectivity index (χ2n) is 7.22. The van der Waals surface area contributed by atoms with Gasteiger partial charge in [-0.25, -0.2) is 4.98 Å². The number of nitrogens with zero attached hydrogens (tertiary/aromatic N) is 3. The molecule has 2 aromatic carbocycles. The minimum absolute atomic E-state index is 0.0468. The third kappa shape index (κ3) is 4.54. The Kier molecular flexibility index (Phi) is 5.59. The third-order valence-corrected chi connectivity index (χ3v) is 5.15. The minimum Gasteiger partial charge on any atom is -0.354 e. The number of halogens is 3. The summed E-state index contributed by atoms with van der Waals surface area (Å²) in [5.41, 5.74) is -0.125. The molecule has 1 amide bonds. The fourth-order valence-electron chi connectivity index (χ4n) is 3.60. The number of amides is 1. The van der Waals surface area contributed by atoms with Gasteiger partial charge in [0.15, 0.2) is 0 Å². The molecule has 0 spiro atoms. The van der Waals surface area contributed by atoms with E-state index in [-0.39, 0.29) is 12.2 Å². The molecule has 1 saturated heterocycles. The van der Waals surface area contributed by atoms with Gasteiger partial charge >= 0.3 is 6.18 Å². The van der Waals surface area contributed by atoms with Crippen molar-refractivity contribution in [3.63, 3.8) is 0 Å². The quantitative estimate of drug-likeness (QED) is 0.701. The highest BCUT2D eigenvalue weighted by molar-refractivity contribution is 5.93. The molecule has 4 rings (SSSR count). The Morgan fingerprint density at radius 3 is 2.40 bits per heavy atom. The molecule has 0 bridgehead atoms. The number of fused-ring (bicyclic) bond motifs is 1. The van der Waals surface area contributed by atoms with Crippen LogP contribution < -0.4 is 10.2 Å². The molecule has 30 heavy (non-hydrogen) atoms. The van der Waals surface area contributed by atoms with Gasteiger partial charge in [0.05, 0.1) is 23.3 Å². The summed E-state index contributed by atoms with van der Waals surface area (Å²) in [5.74, 6) is 0.431. The van der Waals surface area contributed by atoms with Crippen molar-refractivity contribution >= 4 is 28.3 Å². The average Bonchev–Trinajstić information content (AvgIpc) is 2.73. The topological polar surface area (TPSA) is 48.5 Å². The van der Waals surface area contributed by atoms with Gasteiger partial charge in [-0.05, 0) is 30.3 Å². The zero-order chi connectivity index (χ0) is 21.1. The van der Waals surface area contributed by atoms with Crippen molar-refractivity contribution in [2.45, 2.75) is 6.18 Å². The Morgan fingerprint density at radius 1 is 0.933 bits per heavy atom. The van der Waals surface area contributed by atoms with E-state index in [2.05, 4.69) is 10.2 Å². The average molecular weight is 414 g/mol. The zero-order valence-electron chi connectivity index (χ0n) is 16.2. The maximum absolute atomic E-state index is 13.1. The van der Waals surface area contributed by atoms with E-state index >= 15 is 0 Å². The highest BCUT2D eigenvalue weighted by Gasteiger charge is 2.33. The molecule has 156 valence electrons. The lowest BCUT2D eigenvalue weighted by Crippen LogP contribution is -2.49. The van der Waals surface area contributed by atoms with Crippen molar-refractivity contribution in [3.05, 3.63) is 66.2 Å². The Hall–Kier alpha value is -3.13. The van der Waals surface area contributed by atoms with Crippen molar-refractivity contribution < 1.29 is 18.0 Å². The Balaban J connectivity index is 1.34. The lowest BCUT2D eigenvalue weighted by Gasteiger charge is -2.35. The first kappa shape index (κ1) is 20.2. The fraction of sp³-hybridized carbons (Fsp3) is 0.273. The fourth-order valence-corrected chi connectivity index (χ4v) is 3.60. The predicted molar refractivity (Wildman–Crippen MR) is 110 cm³/mol. The zero-order valence-corrected chi connectivity index (χ0v) is 16.2. The normalized spacial score (nSPS) is 15.4. The molecule has 3 aromatic rings. The second-order valence-corrected chi connectivity index (χ2v) is 7.22. The third-order valence-electron chi connectivity index (χ3n) is 5.15. The molecule has 1 aliphatic rings. The maximum Gasteiger partial charge on any atom is 0.418 e. The van der Waals surface area contributed by atoms with Crippen LogP contribution in [0.2, 0.25) is 0 Å². The van der Waals surface area contributed by atoms with E-state index < -0.39 is 17.6 Å². The molecular formula is C22H21F3N4O. The van der Waals surface area contributed by atoms with Crippen LogP contribution in [0.5, 0.6) is 0 Å². The van der Waals surface area contributed by atoms with E-state index in [1.54, 1.807) is 0 Å². The van der Waals surface area contributed by atoms with E-state index in [9.17, 15) is 18.0 Å². The van der Waals surface area contributed by atoms with Crippen LogP contribution in [0.15, 0.2) is 60.7 Å². The lowest BCUT2D eigenvalue weighted by molar-refractivity contribution is -0.137. The van der Waals surface area contributed by atoms with Crippen molar-refractivity contribution in [2.24, 2.45) is 0 Å². The number of carbonyl (C=O) groups excluding carboxylic acids is 1. The summed E-state index contributed by atoms with van der Waals surface area (Å²) < 4.78 is 39.3. The number of nitrogens with one attached hydrogen (secondary N) is 1. The van der Waals surface area contributed by atoms with Crippen LogP contribution in [0.1, 0.15) is 5.56 Å². The summed E-state index contributed by atoms with van der Waals surface area (Å²) in [4.78, 5) is 21.1. The molecule has 0 radical (unpaired) electrons. The molecular weight excluding hydrogens is 393 g/mol. The van der Waals surface area contributed by atoms with E-state index in [1.165, 1.54) is 18.2 Å². The molecule has 1 N–H and O–H groups in total. The number of pyridine rings is 1. The number of aromatic nitrogens is 1. The number of hydrogen-bond donors (Lipinski definition) is 1. The first-order valence-electron chi connectivity index (χ1n) is 9.69. The number of benzene rings is 2. The first-order chi connectivity index (χ1) is 14.4. The number of hydrogen-bond acceptors (Lipinski definition) is 4. The highest BCUT2D eigenvalue weighted by atomic mass is 19.4. The van der Waals surface area contributed by atoms with Crippen molar-refractivity contribution in [3.8, 4) is 0 Å². The van der Waals surface area contributed by atoms with Gasteiger partial charge in [0.2, 0.25) is 5.91 Å². The summed E-state index contributed by atoms with van der Waals surface area (Å²) in [6, 6.07) is 16.9. The molecule has 2 heterocycles. The summed E-state index contributed by atoms with van der Waals surface area (Å²) >= 11 is 0. The van der Waals surface area contributed by atoms with E-state index in [4.69, 9.17) is 4.98 Å². The molecule has 0 unspecified atom stereocenters. The summed E-state index contributed by atoms with van der Waals surface area (Å²) in [5, 5.41) is 3.48. The van der Waals surface area contributed by atoms with Gasteiger partial charge in [-0.1, -0.05) is 30.3 Å². The number of carbonyl (C=O) groups is 1. The van der Waals surface area contributed by atoms with Crippen LogP contribution >= 0.6 is 0 Å². The highest BCUT2D eigenvalue weighted by Crippen LogP contribution is 2.34. The largest absolute Gasteiger partial charge is 0.418 e. The summed E-state index contributed by atoms with van der Waals surface area (Å²) in [6.45, 7) is 2.69. The predicted octanol–water partition coefficient (Wildman–Crippen LogP) is 4.01. The SMILES string of the molecule is O=C(CN1CCN(c2ccc3ccccc3n2)CC1)Nc1ccccc1C(F)(F)F. The maximum atomic E-state index is 13.1. The van der Waals surface area contributed by atoms with Crippen molar-refractivity contribution in [2.75, 3.05) is 42.9 Å². The second kappa shape index (κ2) is 8.31. The Bertz CT molecular complexity index is 1050. The summed E-state index contributed by atoms with van der Waals surface area (Å²) in [6.07, 6.45) is -4.51. The van der Waals surface area contributed by atoms with E-state index in [0.717, 1.165) is 22.8 Å². The van der Waals surface area contributed by atoms with Gasteiger partial charge in [-0.2, -0.15) is 13.2 Å². The van der Waals surface area contributed by atoms with Crippen LogP contribution in [0, 0.1) is 0 Å². The number of rotatable bonds is 4. The van der Waals surface area contributed by atoms with E-state index in [1.807, 2.05) is 41.3 Å². The number of piperazine rings is 1. The van der Waals surface area contributed by atoms with Gasteiger partial charge in [0, 0.05) is 31.6 Å². The van der Waals surface area contributed by atoms with Crippen molar-refractivity contribution in [1.82, 2.24) is 9.88 Å². The molecule has 0 aliphatic carbocycles. The number of para-hydroxylation sites is 2. The Labute approximate surface area is 172 Å². The molecule has 1 fully saturated rings. The van der Waals surface area contributed by atoms with Gasteiger partial charge in [0.1, 0.15) is 5.82 Å². The van der Waals surface area contributed by atoms with Crippen LogP contribution in [-0.2, 0) is 11.0 Å². The van der Waals surface area contributed by atoms with Gasteiger partial charge < -0.3 is 10.2 Å². The minimum atomic E-state index is -4.51. The van der Waals surface area contributed by atoms with Gasteiger partial charge in [-0.3, -0.25) is 9.69 Å². The molecule has 0 saturated carbocycles. The molecule has 1 aliphatic heterocycles. The van der Waals surface area contributed by atoms with Gasteiger partial charge in [-0.15, -0.1) is 0 Å². The molecule has 0 atom stereocenters. The van der Waals surface area contributed by atoms with E-state index in [0.29, 0.717) is 26.2 Å². The number of alkyl halides is 3. The summed E-state index contributed by atoms with van der Waals surface area (Å²) in [7, 11) is 0. The number of anilines is 2. The van der Waals surface area contributed by atoms with Crippen LogP contribution in [0.4, 0.5) is 24.7 Å². The van der Waals surface area contributed by atoms with Crippen molar-refractivity contribution in [1.29, 1.82) is 0 Å². The molecule has 1 aromatic heterocycles. The van der Waals surface area contributed by atoms with Crippen LogP contribution in [0.25, 0.3) is 10.9 Å². The standard InChI is InChI=1S/C22H21F3N4O/c23-22(24,25)17-6-2-4-8-19(17)27-21(30)15-28-11-13-29(14-12-28)20-10-9-16-5-1-3-7-18(16)26-20/h1-10H,11-15H2,(H,27,30). The smallest absolute Gasteiger partial charge is 0.354 e. The lowest BCUT2D eigenvalue weighted by atomic mass is 10.1. The first-order valence-corrected chi connectivity index (χ1v) is 9.69. The molecule has 8 heteroatoms. The van der Waals surface area contributed by atoms with Crippen LogP contribution in [0.3, 0.4) is 0 Å².